The average molecular weight is 321 g/mol. The van der Waals surface area contributed by atoms with Gasteiger partial charge in [-0.1, -0.05) is 17.7 Å². The van der Waals surface area contributed by atoms with Gasteiger partial charge >= 0.3 is 0 Å². The Hall–Kier alpha value is -1.26. The van der Waals surface area contributed by atoms with Gasteiger partial charge in [0.15, 0.2) is 0 Å². The zero-order valence-corrected chi connectivity index (χ0v) is 13.2. The summed E-state index contributed by atoms with van der Waals surface area (Å²) in [6.45, 7) is 0.790. The minimum atomic E-state index is -0.0586. The smallest absolute Gasteiger partial charge is 0.263 e. The van der Waals surface area contributed by atoms with Crippen LogP contribution in [0.3, 0.4) is 0 Å². The second kappa shape index (κ2) is 4.62. The van der Waals surface area contributed by atoms with Crippen LogP contribution >= 0.6 is 22.9 Å². The highest BCUT2D eigenvalue weighted by atomic mass is 35.5. The van der Waals surface area contributed by atoms with E-state index in [1.807, 2.05) is 12.1 Å². The van der Waals surface area contributed by atoms with Crippen molar-refractivity contribution >= 4 is 44.6 Å². The second-order valence-corrected chi connectivity index (χ2v) is 7.74. The maximum Gasteiger partial charge on any atom is 0.263 e. The summed E-state index contributed by atoms with van der Waals surface area (Å²) in [6.07, 6.45) is 5.17. The van der Waals surface area contributed by atoms with Crippen LogP contribution < -0.4 is 11.1 Å². The van der Waals surface area contributed by atoms with Crippen molar-refractivity contribution in [1.29, 1.82) is 0 Å². The van der Waals surface area contributed by atoms with Crippen molar-refractivity contribution in [2.24, 2.45) is 11.3 Å². The van der Waals surface area contributed by atoms with E-state index < -0.39 is 0 Å². The molecule has 21 heavy (non-hydrogen) atoms. The lowest BCUT2D eigenvalue weighted by atomic mass is 10.0. The molecule has 1 aromatic heterocycles. The number of halogens is 1. The molecule has 0 aliphatic heterocycles. The number of hydrogen-bond acceptors (Lipinski definition) is 3. The number of thiophene rings is 1. The SMILES string of the molecule is Nc1c(C(=O)NCC2(C3CC3)CC2)sc2cccc(Cl)c12. The maximum absolute atomic E-state index is 12.4. The van der Waals surface area contributed by atoms with Crippen LogP contribution in [0.2, 0.25) is 5.02 Å². The zero-order valence-electron chi connectivity index (χ0n) is 11.6. The van der Waals surface area contributed by atoms with Gasteiger partial charge in [0.25, 0.3) is 5.91 Å². The predicted molar refractivity (Wildman–Crippen MR) is 88.0 cm³/mol. The van der Waals surface area contributed by atoms with Gasteiger partial charge in [-0.2, -0.15) is 0 Å². The number of nitrogen functional groups attached to an aromatic ring is 1. The van der Waals surface area contributed by atoms with Crippen molar-refractivity contribution < 1.29 is 4.79 Å². The molecule has 4 rings (SSSR count). The highest BCUT2D eigenvalue weighted by Crippen LogP contribution is 2.60. The highest BCUT2D eigenvalue weighted by Gasteiger charge is 2.53. The quantitative estimate of drug-likeness (QED) is 0.892. The monoisotopic (exact) mass is 320 g/mol. The van der Waals surface area contributed by atoms with E-state index in [1.165, 1.54) is 37.0 Å². The Morgan fingerprint density at radius 1 is 1.43 bits per heavy atom. The number of carbonyl (C=O) groups excluding carboxylic acids is 1. The van der Waals surface area contributed by atoms with Crippen LogP contribution in [0, 0.1) is 11.3 Å². The normalized spacial score (nSPS) is 19.7. The van der Waals surface area contributed by atoms with Gasteiger partial charge < -0.3 is 11.1 Å². The van der Waals surface area contributed by atoms with Gasteiger partial charge in [-0.3, -0.25) is 4.79 Å². The Kier molecular flexibility index (Phi) is 2.95. The van der Waals surface area contributed by atoms with E-state index in [9.17, 15) is 4.79 Å². The minimum Gasteiger partial charge on any atom is -0.397 e. The third-order valence-electron chi connectivity index (χ3n) is 4.84. The summed E-state index contributed by atoms with van der Waals surface area (Å²) in [5.74, 6) is 0.781. The first-order chi connectivity index (χ1) is 10.1. The minimum absolute atomic E-state index is 0.0586. The molecule has 5 heteroatoms. The van der Waals surface area contributed by atoms with E-state index in [1.54, 1.807) is 6.07 Å². The first-order valence-electron chi connectivity index (χ1n) is 7.35. The molecule has 2 aromatic rings. The van der Waals surface area contributed by atoms with Crippen LogP contribution in [0.15, 0.2) is 18.2 Å². The lowest BCUT2D eigenvalue weighted by molar-refractivity contribution is 0.0947. The van der Waals surface area contributed by atoms with E-state index in [2.05, 4.69) is 5.32 Å². The van der Waals surface area contributed by atoms with Gasteiger partial charge in [0.05, 0.1) is 10.7 Å². The number of anilines is 1. The first-order valence-corrected chi connectivity index (χ1v) is 8.55. The Bertz CT molecular complexity index is 731. The summed E-state index contributed by atoms with van der Waals surface area (Å²) in [7, 11) is 0. The fourth-order valence-corrected chi connectivity index (χ4v) is 4.62. The van der Waals surface area contributed by atoms with Crippen molar-refractivity contribution in [3.8, 4) is 0 Å². The molecule has 0 spiro atoms. The van der Waals surface area contributed by atoms with Gasteiger partial charge in [0, 0.05) is 16.6 Å². The summed E-state index contributed by atoms with van der Waals surface area (Å²) in [5.41, 5.74) is 7.04. The molecule has 3 nitrogen and oxygen atoms in total. The third kappa shape index (κ3) is 2.21. The van der Waals surface area contributed by atoms with Gasteiger partial charge in [-0.15, -0.1) is 11.3 Å². The molecule has 2 fully saturated rings. The predicted octanol–water partition coefficient (Wildman–Crippen LogP) is 4.06. The number of nitrogens with two attached hydrogens (primary N) is 1. The number of rotatable bonds is 4. The van der Waals surface area contributed by atoms with Gasteiger partial charge in [0.2, 0.25) is 0 Å². The maximum atomic E-state index is 12.4. The summed E-state index contributed by atoms with van der Waals surface area (Å²) in [4.78, 5) is 13.0. The van der Waals surface area contributed by atoms with E-state index in [0.29, 0.717) is 21.0 Å². The molecule has 0 bridgehead atoms. The number of amides is 1. The number of benzene rings is 1. The lowest BCUT2D eigenvalue weighted by Crippen LogP contribution is -2.31. The molecule has 0 saturated heterocycles. The molecule has 2 aliphatic rings. The molecule has 3 N–H and O–H groups in total. The molecular formula is C16H17ClN2OS. The summed E-state index contributed by atoms with van der Waals surface area (Å²) in [6, 6.07) is 5.64. The first kappa shape index (κ1) is 13.4. The average Bonchev–Trinajstić information content (AvgIpc) is 3.34. The number of hydrogen-bond donors (Lipinski definition) is 2. The van der Waals surface area contributed by atoms with Crippen LogP contribution in [0.5, 0.6) is 0 Å². The summed E-state index contributed by atoms with van der Waals surface area (Å²) >= 11 is 7.60. The molecule has 110 valence electrons. The standard InChI is InChI=1S/C16H17ClN2OS/c17-10-2-1-3-11-12(10)13(18)14(21-11)15(20)19-8-16(6-7-16)9-4-5-9/h1-3,9H,4-8,18H2,(H,19,20). The summed E-state index contributed by atoms with van der Waals surface area (Å²) in [5, 5.41) is 4.50. The Labute approximate surface area is 132 Å². The summed E-state index contributed by atoms with van der Waals surface area (Å²) < 4.78 is 0.966. The molecule has 1 heterocycles. The highest BCUT2D eigenvalue weighted by molar-refractivity contribution is 7.21. The fourth-order valence-electron chi connectivity index (χ4n) is 3.22. The van der Waals surface area contributed by atoms with E-state index in [-0.39, 0.29) is 5.91 Å². The van der Waals surface area contributed by atoms with Crippen LogP contribution in [0.4, 0.5) is 5.69 Å². The molecule has 1 aromatic carbocycles. The van der Waals surface area contributed by atoms with Crippen molar-refractivity contribution in [2.75, 3.05) is 12.3 Å². The molecule has 2 saturated carbocycles. The van der Waals surface area contributed by atoms with E-state index >= 15 is 0 Å². The van der Waals surface area contributed by atoms with E-state index in [0.717, 1.165) is 22.5 Å². The molecule has 0 atom stereocenters. The van der Waals surface area contributed by atoms with Crippen molar-refractivity contribution in [2.45, 2.75) is 25.7 Å². The molecular weight excluding hydrogens is 304 g/mol. The zero-order chi connectivity index (χ0) is 14.6. The van der Waals surface area contributed by atoms with Crippen molar-refractivity contribution in [3.63, 3.8) is 0 Å². The second-order valence-electron chi connectivity index (χ2n) is 6.28. The fraction of sp³-hybridized carbons (Fsp3) is 0.438. The molecule has 1 amide bonds. The van der Waals surface area contributed by atoms with Crippen LogP contribution in [0.25, 0.3) is 10.1 Å². The van der Waals surface area contributed by atoms with Gasteiger partial charge in [-0.25, -0.2) is 0 Å². The number of fused-ring (bicyclic) bond motifs is 1. The Morgan fingerprint density at radius 3 is 2.81 bits per heavy atom. The number of carbonyl (C=O) groups is 1. The third-order valence-corrected chi connectivity index (χ3v) is 6.33. The molecule has 2 aliphatic carbocycles. The van der Waals surface area contributed by atoms with Gasteiger partial charge in [-0.05, 0) is 49.1 Å². The van der Waals surface area contributed by atoms with Crippen LogP contribution in [-0.2, 0) is 0 Å². The molecule has 0 unspecified atom stereocenters. The topological polar surface area (TPSA) is 55.1 Å². The lowest BCUT2D eigenvalue weighted by Gasteiger charge is -2.14. The van der Waals surface area contributed by atoms with Crippen molar-refractivity contribution in [3.05, 3.63) is 28.1 Å². The van der Waals surface area contributed by atoms with Gasteiger partial charge in [0.1, 0.15) is 4.88 Å². The molecule has 0 radical (unpaired) electrons. The van der Waals surface area contributed by atoms with Crippen LogP contribution in [0.1, 0.15) is 35.4 Å². The van der Waals surface area contributed by atoms with Crippen LogP contribution in [-0.4, -0.2) is 12.5 Å². The van der Waals surface area contributed by atoms with Crippen molar-refractivity contribution in [1.82, 2.24) is 5.32 Å². The Morgan fingerprint density at radius 2 is 2.19 bits per heavy atom. The Balaban J connectivity index is 1.57. The number of nitrogens with one attached hydrogen (secondary N) is 1. The largest absolute Gasteiger partial charge is 0.397 e. The van der Waals surface area contributed by atoms with E-state index in [4.69, 9.17) is 17.3 Å².